The van der Waals surface area contributed by atoms with Crippen LogP contribution in [0.25, 0.3) is 55.7 Å². The molecule has 5 heteroatoms. The van der Waals surface area contributed by atoms with Gasteiger partial charge in [-0.2, -0.15) is 0 Å². The minimum absolute atomic E-state index is 0.237. The third-order valence-corrected chi connectivity index (χ3v) is 9.99. The number of hydrogen-bond acceptors (Lipinski definition) is 4. The topological polar surface area (TPSA) is 54.8 Å². The van der Waals surface area contributed by atoms with Crippen LogP contribution in [0.1, 0.15) is 35.0 Å². The van der Waals surface area contributed by atoms with Crippen molar-refractivity contribution >= 4 is 50.5 Å². The summed E-state index contributed by atoms with van der Waals surface area (Å²) in [5.74, 6) is 2.45. The number of fused-ring (bicyclic) bond motifs is 6. The first-order valence-corrected chi connectivity index (χ1v) is 17.2. The Morgan fingerprint density at radius 1 is 0.620 bits per heavy atom. The van der Waals surface area contributed by atoms with Crippen LogP contribution in [0.2, 0.25) is 0 Å². The molecule has 0 saturated heterocycles. The van der Waals surface area contributed by atoms with Gasteiger partial charge in [0.05, 0.1) is 16.7 Å². The lowest BCUT2D eigenvalue weighted by molar-refractivity contribution is 0.594. The summed E-state index contributed by atoms with van der Waals surface area (Å²) in [5, 5.41) is 7.21. The molecule has 0 spiro atoms. The SMILES string of the molecule is C1=C(C2=NC(c3ccccc3)NC(c3ccccc3)=N2)CCc2c1oc1cccc(-n3c4ccccc4c4ccc(-c5ccccc5)cc43)c21. The Kier molecular flexibility index (Phi) is 6.62. The highest BCUT2D eigenvalue weighted by molar-refractivity contribution is 6.15. The van der Waals surface area contributed by atoms with Crippen LogP contribution in [0.5, 0.6) is 0 Å². The number of amidine groups is 2. The van der Waals surface area contributed by atoms with Crippen molar-refractivity contribution < 1.29 is 4.42 Å². The van der Waals surface area contributed by atoms with Crippen molar-refractivity contribution in [2.75, 3.05) is 0 Å². The first-order chi connectivity index (χ1) is 24.8. The molecular weight excluding hydrogens is 613 g/mol. The predicted octanol–water partition coefficient (Wildman–Crippen LogP) is 10.7. The van der Waals surface area contributed by atoms with Gasteiger partial charge in [0, 0.05) is 32.9 Å². The van der Waals surface area contributed by atoms with E-state index in [2.05, 4.69) is 143 Å². The van der Waals surface area contributed by atoms with Gasteiger partial charge in [0.1, 0.15) is 23.3 Å². The van der Waals surface area contributed by atoms with E-state index in [1.165, 1.54) is 38.5 Å². The Bertz CT molecular complexity index is 2660. The van der Waals surface area contributed by atoms with Crippen LogP contribution in [0.15, 0.2) is 172 Å². The number of aliphatic imine (C=N–C) groups is 2. The van der Waals surface area contributed by atoms with Gasteiger partial charge in [0.25, 0.3) is 0 Å². The fourth-order valence-corrected chi connectivity index (χ4v) is 7.61. The summed E-state index contributed by atoms with van der Waals surface area (Å²) < 4.78 is 9.10. The molecule has 1 unspecified atom stereocenters. The van der Waals surface area contributed by atoms with Crippen LogP contribution in [0.3, 0.4) is 0 Å². The third kappa shape index (κ3) is 4.70. The summed E-state index contributed by atoms with van der Waals surface area (Å²) in [6.07, 6.45) is 3.57. The maximum Gasteiger partial charge on any atom is 0.155 e. The number of nitrogens with one attached hydrogen (secondary N) is 1. The lowest BCUT2D eigenvalue weighted by Gasteiger charge is -2.25. The predicted molar refractivity (Wildman–Crippen MR) is 205 cm³/mol. The van der Waals surface area contributed by atoms with Gasteiger partial charge >= 0.3 is 0 Å². The van der Waals surface area contributed by atoms with Crippen molar-refractivity contribution in [2.45, 2.75) is 19.0 Å². The van der Waals surface area contributed by atoms with Gasteiger partial charge in [-0.15, -0.1) is 0 Å². The quantitative estimate of drug-likeness (QED) is 0.203. The highest BCUT2D eigenvalue weighted by Crippen LogP contribution is 2.41. The van der Waals surface area contributed by atoms with Crippen LogP contribution in [0, 0.1) is 0 Å². The zero-order valence-electron chi connectivity index (χ0n) is 27.3. The van der Waals surface area contributed by atoms with Gasteiger partial charge in [0.2, 0.25) is 0 Å². The van der Waals surface area contributed by atoms with E-state index >= 15 is 0 Å². The maximum absolute atomic E-state index is 6.68. The molecule has 5 nitrogen and oxygen atoms in total. The molecule has 8 aromatic rings. The van der Waals surface area contributed by atoms with E-state index in [1.54, 1.807) is 0 Å². The summed E-state index contributed by atoms with van der Waals surface area (Å²) >= 11 is 0. The van der Waals surface area contributed by atoms with Crippen LogP contribution in [-0.4, -0.2) is 16.2 Å². The fourth-order valence-electron chi connectivity index (χ4n) is 7.61. The average Bonchev–Trinajstić information content (AvgIpc) is 3.74. The summed E-state index contributed by atoms with van der Waals surface area (Å²) in [7, 11) is 0. The molecule has 0 fully saturated rings. The second-order valence-electron chi connectivity index (χ2n) is 13.0. The summed E-state index contributed by atoms with van der Waals surface area (Å²) in [5.41, 5.74) is 11.2. The fraction of sp³-hybridized carbons (Fsp3) is 0.0667. The van der Waals surface area contributed by atoms with E-state index in [0.29, 0.717) is 0 Å². The van der Waals surface area contributed by atoms with Crippen molar-refractivity contribution in [1.29, 1.82) is 0 Å². The van der Waals surface area contributed by atoms with E-state index < -0.39 is 0 Å². The highest BCUT2D eigenvalue weighted by atomic mass is 16.3. The van der Waals surface area contributed by atoms with Crippen molar-refractivity contribution in [2.24, 2.45) is 9.98 Å². The number of aromatic nitrogens is 1. The molecule has 0 amide bonds. The average molecular weight is 645 g/mol. The zero-order valence-corrected chi connectivity index (χ0v) is 27.3. The molecule has 50 heavy (non-hydrogen) atoms. The van der Waals surface area contributed by atoms with Crippen molar-refractivity contribution in [1.82, 2.24) is 9.88 Å². The van der Waals surface area contributed by atoms with Crippen LogP contribution in [0.4, 0.5) is 0 Å². The molecule has 1 N–H and O–H groups in total. The van der Waals surface area contributed by atoms with E-state index in [9.17, 15) is 0 Å². The van der Waals surface area contributed by atoms with Crippen molar-refractivity contribution in [3.05, 3.63) is 180 Å². The molecule has 0 radical (unpaired) electrons. The van der Waals surface area contributed by atoms with E-state index in [1.807, 2.05) is 24.3 Å². The van der Waals surface area contributed by atoms with Crippen molar-refractivity contribution in [3.63, 3.8) is 0 Å². The first kappa shape index (κ1) is 28.5. The summed E-state index contributed by atoms with van der Waals surface area (Å²) in [6.45, 7) is 0. The second kappa shape index (κ2) is 11.6. The Morgan fingerprint density at radius 2 is 1.34 bits per heavy atom. The van der Waals surface area contributed by atoms with E-state index in [-0.39, 0.29) is 6.17 Å². The maximum atomic E-state index is 6.68. The van der Waals surface area contributed by atoms with Gasteiger partial charge in [-0.1, -0.05) is 127 Å². The lowest BCUT2D eigenvalue weighted by Crippen LogP contribution is -2.33. The van der Waals surface area contributed by atoms with E-state index in [0.717, 1.165) is 63.6 Å². The van der Waals surface area contributed by atoms with Gasteiger partial charge in [-0.05, 0) is 59.9 Å². The number of furan rings is 1. The molecule has 1 aliphatic heterocycles. The normalized spacial score (nSPS) is 15.8. The molecule has 1 aliphatic carbocycles. The minimum Gasteiger partial charge on any atom is -0.456 e. The van der Waals surface area contributed by atoms with Gasteiger partial charge < -0.3 is 14.3 Å². The van der Waals surface area contributed by atoms with Gasteiger partial charge in [-0.25, -0.2) is 9.98 Å². The Hall–Kier alpha value is -6.46. The van der Waals surface area contributed by atoms with Gasteiger partial charge in [0.15, 0.2) is 5.84 Å². The van der Waals surface area contributed by atoms with Crippen LogP contribution < -0.4 is 5.32 Å². The van der Waals surface area contributed by atoms with Crippen LogP contribution in [-0.2, 0) is 6.42 Å². The second-order valence-corrected chi connectivity index (χ2v) is 13.0. The molecule has 238 valence electrons. The molecule has 10 rings (SSSR count). The molecule has 0 bridgehead atoms. The Morgan fingerprint density at radius 3 is 2.16 bits per heavy atom. The largest absolute Gasteiger partial charge is 0.456 e. The molecular formula is C45H32N4O. The standard InChI is InChI=1S/C45H32N4O/c1-4-13-29(14-5-1)32-23-25-35-34-19-10-11-20-37(34)49(39(35)27-32)38-21-12-22-40-42(38)36-26-24-33(28-41(36)50-40)45-47-43(30-15-6-2-7-16-30)46-44(48-45)31-17-8-3-9-18-31/h1-23,25,27-28,43H,24,26H2,(H,46,47,48). The molecule has 2 aliphatic rings. The Labute approximate surface area is 289 Å². The number of benzene rings is 6. The number of nitrogens with zero attached hydrogens (tertiary/aromatic N) is 3. The number of hydrogen-bond donors (Lipinski definition) is 1. The molecule has 0 saturated carbocycles. The molecule has 3 heterocycles. The van der Waals surface area contributed by atoms with E-state index in [4.69, 9.17) is 14.4 Å². The number of rotatable bonds is 5. The molecule has 2 aromatic heterocycles. The van der Waals surface area contributed by atoms with Crippen molar-refractivity contribution in [3.8, 4) is 16.8 Å². The van der Waals surface area contributed by atoms with Gasteiger partial charge in [-0.3, -0.25) is 0 Å². The monoisotopic (exact) mass is 644 g/mol. The molecule has 6 aromatic carbocycles. The highest BCUT2D eigenvalue weighted by Gasteiger charge is 2.27. The summed E-state index contributed by atoms with van der Waals surface area (Å²) in [6, 6.07) is 53.2. The third-order valence-electron chi connectivity index (χ3n) is 9.99. The molecule has 1 atom stereocenters. The number of para-hydroxylation sites is 1. The lowest BCUT2D eigenvalue weighted by atomic mass is 9.93. The number of aryl methyl sites for hydroxylation is 1. The summed E-state index contributed by atoms with van der Waals surface area (Å²) in [4.78, 5) is 10.2. The van der Waals surface area contributed by atoms with Crippen LogP contribution >= 0.6 is 0 Å². The minimum atomic E-state index is -0.237. The Balaban J connectivity index is 1.13. The first-order valence-electron chi connectivity index (χ1n) is 17.2. The zero-order chi connectivity index (χ0) is 33.0. The smallest absolute Gasteiger partial charge is 0.155 e.